The van der Waals surface area contributed by atoms with E-state index in [-0.39, 0.29) is 23.2 Å². The van der Waals surface area contributed by atoms with Gasteiger partial charge in [-0.15, -0.1) is 0 Å². The first-order valence-corrected chi connectivity index (χ1v) is 10.3. The Morgan fingerprint density at radius 3 is 2.54 bits per heavy atom. The average molecular weight is 407 g/mol. The number of aromatic nitrogens is 1. The van der Waals surface area contributed by atoms with Crippen molar-refractivity contribution in [2.24, 2.45) is 10.9 Å². The summed E-state index contributed by atoms with van der Waals surface area (Å²) < 4.78 is 5.31. The summed E-state index contributed by atoms with van der Waals surface area (Å²) >= 11 is 1.54. The van der Waals surface area contributed by atoms with E-state index in [1.165, 1.54) is 11.8 Å². The predicted octanol–water partition coefficient (Wildman–Crippen LogP) is 3.30. The molecule has 2 rings (SSSR count). The summed E-state index contributed by atoms with van der Waals surface area (Å²) in [6.45, 7) is 11.2. The van der Waals surface area contributed by atoms with Crippen molar-refractivity contribution in [1.82, 2.24) is 15.2 Å². The molecule has 1 N–H and O–H groups in total. The molecule has 0 bridgehead atoms. The largest absolute Gasteiger partial charge is 0.444 e. The summed E-state index contributed by atoms with van der Waals surface area (Å²) in [5.74, 6) is -0.240. The van der Waals surface area contributed by atoms with Crippen LogP contribution < -0.4 is 5.32 Å². The van der Waals surface area contributed by atoms with Gasteiger partial charge in [-0.2, -0.15) is 0 Å². The van der Waals surface area contributed by atoms with Gasteiger partial charge in [0.2, 0.25) is 5.91 Å². The fourth-order valence-electron chi connectivity index (χ4n) is 2.82. The number of nitrogens with one attached hydrogen (secondary N) is 1. The Balaban J connectivity index is 2.08. The van der Waals surface area contributed by atoms with Crippen LogP contribution in [0, 0.1) is 5.92 Å². The number of thioether (sulfide) groups is 1. The lowest BCUT2D eigenvalue weighted by Gasteiger charge is -2.32. The van der Waals surface area contributed by atoms with Gasteiger partial charge < -0.3 is 15.0 Å². The highest BCUT2D eigenvalue weighted by Crippen LogP contribution is 2.32. The van der Waals surface area contributed by atoms with Gasteiger partial charge in [-0.1, -0.05) is 25.6 Å². The normalized spacial score (nSPS) is 20.5. The van der Waals surface area contributed by atoms with Gasteiger partial charge in [-0.05, 0) is 45.7 Å². The second-order valence-corrected chi connectivity index (χ2v) is 9.35. The molecule has 0 spiro atoms. The number of nitrogens with zero attached hydrogens (tertiary/aromatic N) is 3. The number of ether oxygens (including phenoxy) is 1. The van der Waals surface area contributed by atoms with E-state index in [1.54, 1.807) is 45.1 Å². The average Bonchev–Trinajstić information content (AvgIpc) is 2.99. The minimum atomic E-state index is -0.671. The summed E-state index contributed by atoms with van der Waals surface area (Å²) in [5, 5.41) is 3.44. The van der Waals surface area contributed by atoms with Crippen molar-refractivity contribution in [1.29, 1.82) is 0 Å². The monoisotopic (exact) mass is 406 g/mol. The number of carbonyl (C=O) groups excluding carboxylic acids is 2. The second kappa shape index (κ2) is 8.94. The molecule has 3 atom stereocenters. The Hall–Kier alpha value is -2.09. The third-order valence-corrected chi connectivity index (χ3v) is 5.72. The quantitative estimate of drug-likeness (QED) is 0.811. The number of carbonyl (C=O) groups is 2. The number of pyridine rings is 1. The molecule has 0 fully saturated rings. The van der Waals surface area contributed by atoms with Crippen molar-refractivity contribution < 1.29 is 14.3 Å². The van der Waals surface area contributed by atoms with Crippen LogP contribution in [0.25, 0.3) is 0 Å². The number of hydrogen-bond donors (Lipinski definition) is 1. The minimum absolute atomic E-state index is 0.0662. The van der Waals surface area contributed by atoms with Crippen molar-refractivity contribution >= 4 is 28.8 Å². The summed E-state index contributed by atoms with van der Waals surface area (Å²) in [5.41, 5.74) is 0.318. The van der Waals surface area contributed by atoms with Crippen LogP contribution in [0.1, 0.15) is 47.1 Å². The van der Waals surface area contributed by atoms with E-state index in [4.69, 9.17) is 9.73 Å². The molecule has 7 nitrogen and oxygen atoms in total. The van der Waals surface area contributed by atoms with E-state index in [0.717, 1.165) is 10.6 Å². The van der Waals surface area contributed by atoms with Crippen molar-refractivity contribution in [3.05, 3.63) is 30.1 Å². The Kier molecular flexibility index (Phi) is 7.09. The van der Waals surface area contributed by atoms with Crippen LogP contribution in [0.3, 0.4) is 0 Å². The number of aliphatic imine (C=N–C) groups is 1. The lowest BCUT2D eigenvalue weighted by Crippen LogP contribution is -2.54. The van der Waals surface area contributed by atoms with E-state index in [9.17, 15) is 9.59 Å². The van der Waals surface area contributed by atoms with Crippen molar-refractivity contribution in [3.8, 4) is 0 Å². The third kappa shape index (κ3) is 5.70. The number of likely N-dealkylation sites (N-methyl/N-ethyl adjacent to an activating group) is 1. The molecule has 1 aromatic rings. The molecule has 1 aromatic heterocycles. The smallest absolute Gasteiger partial charge is 0.408 e. The van der Waals surface area contributed by atoms with E-state index in [2.05, 4.69) is 10.3 Å². The molecule has 0 saturated heterocycles. The lowest BCUT2D eigenvalue weighted by atomic mass is 10.0. The zero-order chi connectivity index (χ0) is 21.1. The first-order valence-electron chi connectivity index (χ1n) is 9.40. The van der Waals surface area contributed by atoms with Gasteiger partial charge in [-0.25, -0.2) is 4.79 Å². The van der Waals surface area contributed by atoms with Gasteiger partial charge in [0.25, 0.3) is 0 Å². The molecule has 2 heterocycles. The molecule has 1 aliphatic heterocycles. The highest BCUT2D eigenvalue weighted by Gasteiger charge is 2.37. The molecule has 28 heavy (non-hydrogen) atoms. The number of amides is 2. The van der Waals surface area contributed by atoms with E-state index in [0.29, 0.717) is 0 Å². The van der Waals surface area contributed by atoms with Gasteiger partial charge in [0.15, 0.2) is 0 Å². The molecular weight excluding hydrogens is 376 g/mol. The first-order chi connectivity index (χ1) is 13.0. The van der Waals surface area contributed by atoms with Gasteiger partial charge in [0, 0.05) is 25.0 Å². The van der Waals surface area contributed by atoms with Crippen molar-refractivity contribution in [2.45, 2.75) is 64.6 Å². The zero-order valence-electron chi connectivity index (χ0n) is 17.6. The van der Waals surface area contributed by atoms with E-state index in [1.807, 2.05) is 32.9 Å². The minimum Gasteiger partial charge on any atom is -0.444 e. The predicted molar refractivity (Wildman–Crippen MR) is 112 cm³/mol. The molecule has 0 aromatic carbocycles. The molecule has 0 saturated carbocycles. The Labute approximate surface area is 171 Å². The topological polar surface area (TPSA) is 83.9 Å². The molecule has 8 heteroatoms. The third-order valence-electron chi connectivity index (χ3n) is 4.21. The van der Waals surface area contributed by atoms with Crippen LogP contribution in [0.15, 0.2) is 29.5 Å². The Bertz CT molecular complexity index is 731. The maximum atomic E-state index is 13.1. The van der Waals surface area contributed by atoms with Crippen LogP contribution >= 0.6 is 11.8 Å². The maximum Gasteiger partial charge on any atom is 0.408 e. The van der Waals surface area contributed by atoms with Gasteiger partial charge in [0.05, 0.1) is 6.04 Å². The summed E-state index contributed by atoms with van der Waals surface area (Å²) in [6.07, 6.45) is 2.90. The van der Waals surface area contributed by atoms with Crippen molar-refractivity contribution in [3.63, 3.8) is 0 Å². The Morgan fingerprint density at radius 1 is 1.32 bits per heavy atom. The van der Waals surface area contributed by atoms with Crippen LogP contribution in [0.2, 0.25) is 0 Å². The van der Waals surface area contributed by atoms with Crippen LogP contribution in [-0.4, -0.2) is 57.0 Å². The highest BCUT2D eigenvalue weighted by molar-refractivity contribution is 8.15. The molecule has 154 valence electrons. The zero-order valence-corrected chi connectivity index (χ0v) is 18.4. The molecular formula is C20H30N4O3S. The highest BCUT2D eigenvalue weighted by atomic mass is 32.2. The lowest BCUT2D eigenvalue weighted by molar-refractivity contribution is -0.134. The number of rotatable bonds is 5. The maximum absolute atomic E-state index is 13.1. The Morgan fingerprint density at radius 2 is 2.00 bits per heavy atom. The molecule has 1 aliphatic rings. The molecule has 2 amide bonds. The van der Waals surface area contributed by atoms with Crippen molar-refractivity contribution in [2.75, 3.05) is 7.05 Å². The van der Waals surface area contributed by atoms with E-state index >= 15 is 0 Å². The van der Waals surface area contributed by atoms with E-state index < -0.39 is 17.7 Å². The number of hydrogen-bond acceptors (Lipinski definition) is 6. The van der Waals surface area contributed by atoms with Crippen LogP contribution in [-0.2, 0) is 9.53 Å². The SMILES string of the molecule is CC(C)C(NC(=O)OC(C)(C)C)C(=O)N(C)C1SC(c2cccnc2)=NC1C. The summed E-state index contributed by atoms with van der Waals surface area (Å²) in [4.78, 5) is 35.8. The fraction of sp³-hybridized carbons (Fsp3) is 0.600. The second-order valence-electron chi connectivity index (χ2n) is 8.24. The van der Waals surface area contributed by atoms with Gasteiger partial charge in [-0.3, -0.25) is 14.8 Å². The first kappa shape index (κ1) is 22.2. The molecule has 0 aliphatic carbocycles. The molecule has 3 unspecified atom stereocenters. The summed E-state index contributed by atoms with van der Waals surface area (Å²) in [7, 11) is 1.75. The molecule has 0 radical (unpaired) electrons. The van der Waals surface area contributed by atoms with Gasteiger partial charge >= 0.3 is 6.09 Å². The standard InChI is InChI=1S/C20H30N4O3S/c1-12(2)15(23-19(26)27-20(4,5)6)17(25)24(7)18-13(3)22-16(28-18)14-9-8-10-21-11-14/h8-13,15,18H,1-7H3,(H,23,26). The fourth-order valence-corrected chi connectivity index (χ4v) is 4.05. The summed E-state index contributed by atoms with van der Waals surface area (Å²) in [6, 6.07) is 3.08. The number of alkyl carbamates (subject to hydrolysis) is 1. The van der Waals surface area contributed by atoms with Crippen LogP contribution in [0.4, 0.5) is 4.79 Å². The van der Waals surface area contributed by atoms with Gasteiger partial charge in [0.1, 0.15) is 22.1 Å². The van der Waals surface area contributed by atoms with Crippen LogP contribution in [0.5, 0.6) is 0 Å².